The molecule has 4 atom stereocenters. The molecule has 3 rings (SSSR count). The molecule has 4 unspecified atom stereocenters. The van der Waals surface area contributed by atoms with Crippen LogP contribution in [-0.4, -0.2) is 36.1 Å². The lowest BCUT2D eigenvalue weighted by Crippen LogP contribution is -2.40. The molecule has 6 heteroatoms. The molecule has 0 saturated heterocycles. The Hall–Kier alpha value is -1.82. The zero-order valence-electron chi connectivity index (χ0n) is 18.4. The van der Waals surface area contributed by atoms with E-state index in [0.717, 1.165) is 11.8 Å². The van der Waals surface area contributed by atoms with E-state index in [9.17, 15) is 14.4 Å². The van der Waals surface area contributed by atoms with Crippen LogP contribution in [0.5, 0.6) is 0 Å². The number of thioether (sulfide) groups is 1. The van der Waals surface area contributed by atoms with Crippen LogP contribution < -0.4 is 5.32 Å². The van der Waals surface area contributed by atoms with Gasteiger partial charge in [0.1, 0.15) is 0 Å². The maximum absolute atomic E-state index is 12.5. The van der Waals surface area contributed by atoms with Gasteiger partial charge in [-0.1, -0.05) is 39.3 Å². The first-order chi connectivity index (χ1) is 14.1. The molecule has 5 nitrogen and oxygen atoms in total. The Morgan fingerprint density at radius 2 is 1.90 bits per heavy atom. The number of hydrogen-bond donors (Lipinski definition) is 1. The maximum Gasteiger partial charge on any atom is 0.339 e. The van der Waals surface area contributed by atoms with Gasteiger partial charge in [0, 0.05) is 16.4 Å². The number of fused-ring (bicyclic) bond motifs is 2. The van der Waals surface area contributed by atoms with Gasteiger partial charge in [0.15, 0.2) is 12.4 Å². The highest BCUT2D eigenvalue weighted by molar-refractivity contribution is 8.00. The van der Waals surface area contributed by atoms with Crippen LogP contribution in [0.4, 0.5) is 0 Å². The van der Waals surface area contributed by atoms with E-state index >= 15 is 0 Å². The van der Waals surface area contributed by atoms with Crippen LogP contribution in [0.15, 0.2) is 29.2 Å². The highest BCUT2D eigenvalue weighted by Gasteiger charge is 2.42. The van der Waals surface area contributed by atoms with Crippen molar-refractivity contribution < 1.29 is 19.1 Å². The normalized spacial score (nSPS) is 23.8. The molecule has 0 spiro atoms. The van der Waals surface area contributed by atoms with Crippen molar-refractivity contribution in [3.05, 3.63) is 29.8 Å². The van der Waals surface area contributed by atoms with Gasteiger partial charge < -0.3 is 10.1 Å². The minimum Gasteiger partial charge on any atom is -0.454 e. The number of rotatable bonds is 8. The summed E-state index contributed by atoms with van der Waals surface area (Å²) in [4.78, 5) is 37.7. The van der Waals surface area contributed by atoms with E-state index in [1.807, 2.05) is 6.07 Å². The Balaban J connectivity index is 1.51. The Labute approximate surface area is 183 Å². The Bertz CT molecular complexity index is 801. The van der Waals surface area contributed by atoms with Crippen molar-refractivity contribution in [1.29, 1.82) is 0 Å². The maximum atomic E-state index is 12.5. The average molecular weight is 432 g/mol. The van der Waals surface area contributed by atoms with Crippen molar-refractivity contribution in [1.82, 2.24) is 5.32 Å². The van der Waals surface area contributed by atoms with Gasteiger partial charge >= 0.3 is 5.97 Å². The zero-order chi connectivity index (χ0) is 21.9. The lowest BCUT2D eigenvalue weighted by molar-refractivity contribution is -0.129. The molecule has 0 aromatic heterocycles. The highest BCUT2D eigenvalue weighted by atomic mass is 32.2. The molecule has 1 aromatic carbocycles. The van der Waals surface area contributed by atoms with Gasteiger partial charge in [-0.25, -0.2) is 4.79 Å². The standard InChI is InChI=1S/C24H33NO4S/c1-15(19-12-16-9-10-17(19)11-16)25-22(27)14-30-20-8-6-5-7-18(20)23(28)29-13-21(26)24(2,3)4/h5-8,15-17,19H,9-14H2,1-4H3,(H,25,27). The molecule has 2 aliphatic rings. The molecule has 2 aliphatic carbocycles. The molecular formula is C24H33NO4S. The minimum atomic E-state index is -0.553. The molecule has 1 N–H and O–H groups in total. The molecule has 0 aliphatic heterocycles. The number of Topliss-reactive ketones (excluding diaryl/α,β-unsaturated/α-hetero) is 1. The molecular weight excluding hydrogens is 398 g/mol. The number of nitrogens with one attached hydrogen (secondary N) is 1. The second kappa shape index (κ2) is 9.54. The van der Waals surface area contributed by atoms with E-state index < -0.39 is 11.4 Å². The largest absolute Gasteiger partial charge is 0.454 e. The van der Waals surface area contributed by atoms with Gasteiger partial charge in [0.05, 0.1) is 11.3 Å². The first kappa shape index (κ1) is 22.9. The molecule has 2 fully saturated rings. The van der Waals surface area contributed by atoms with E-state index in [2.05, 4.69) is 12.2 Å². The predicted molar refractivity (Wildman–Crippen MR) is 118 cm³/mol. The molecule has 0 heterocycles. The minimum absolute atomic E-state index is 0.0126. The highest BCUT2D eigenvalue weighted by Crippen LogP contribution is 2.49. The average Bonchev–Trinajstić information content (AvgIpc) is 3.33. The van der Waals surface area contributed by atoms with Crippen LogP contribution in [0.2, 0.25) is 0 Å². The third-order valence-corrected chi connectivity index (χ3v) is 7.53. The SMILES string of the molecule is CC(NC(=O)CSc1ccccc1C(=O)OCC(=O)C(C)(C)C)C1CC2CCC1C2. The summed E-state index contributed by atoms with van der Waals surface area (Å²) in [6.45, 7) is 7.25. The first-order valence-electron chi connectivity index (χ1n) is 10.9. The van der Waals surface area contributed by atoms with Crippen LogP contribution in [0, 0.1) is 23.2 Å². The second-order valence-electron chi connectivity index (χ2n) is 9.73. The monoisotopic (exact) mass is 431 g/mol. The van der Waals surface area contributed by atoms with Gasteiger partial charge in [-0.2, -0.15) is 0 Å². The van der Waals surface area contributed by atoms with Gasteiger partial charge in [0.2, 0.25) is 5.91 Å². The predicted octanol–water partition coefficient (Wildman–Crippen LogP) is 4.49. The summed E-state index contributed by atoms with van der Waals surface area (Å²) in [6, 6.07) is 7.25. The van der Waals surface area contributed by atoms with E-state index in [-0.39, 0.29) is 30.1 Å². The molecule has 2 saturated carbocycles. The van der Waals surface area contributed by atoms with Gasteiger partial charge in [-0.15, -0.1) is 11.8 Å². The fourth-order valence-corrected chi connectivity index (χ4v) is 5.49. The van der Waals surface area contributed by atoms with E-state index in [0.29, 0.717) is 16.4 Å². The van der Waals surface area contributed by atoms with Crippen molar-refractivity contribution in [3.8, 4) is 0 Å². The van der Waals surface area contributed by atoms with Crippen LogP contribution in [0.25, 0.3) is 0 Å². The second-order valence-corrected chi connectivity index (χ2v) is 10.7. The molecule has 30 heavy (non-hydrogen) atoms. The number of carbonyl (C=O) groups is 3. The molecule has 164 valence electrons. The quantitative estimate of drug-likeness (QED) is 0.485. The lowest BCUT2D eigenvalue weighted by Gasteiger charge is -2.28. The third kappa shape index (κ3) is 5.65. The Morgan fingerprint density at radius 3 is 2.53 bits per heavy atom. The molecule has 0 radical (unpaired) electrons. The number of hydrogen-bond acceptors (Lipinski definition) is 5. The number of esters is 1. The third-order valence-electron chi connectivity index (χ3n) is 6.46. The van der Waals surface area contributed by atoms with Crippen molar-refractivity contribution in [3.63, 3.8) is 0 Å². The van der Waals surface area contributed by atoms with E-state index in [1.165, 1.54) is 37.4 Å². The van der Waals surface area contributed by atoms with Crippen molar-refractivity contribution in [2.24, 2.45) is 23.2 Å². The first-order valence-corrected chi connectivity index (χ1v) is 11.9. The fraction of sp³-hybridized carbons (Fsp3) is 0.625. The lowest BCUT2D eigenvalue weighted by atomic mass is 9.84. The molecule has 1 amide bonds. The van der Waals surface area contributed by atoms with Gasteiger partial charge in [-0.3, -0.25) is 9.59 Å². The summed E-state index contributed by atoms with van der Waals surface area (Å²) < 4.78 is 5.22. The molecule has 1 aromatic rings. The summed E-state index contributed by atoms with van der Waals surface area (Å²) in [7, 11) is 0. The summed E-state index contributed by atoms with van der Waals surface area (Å²) in [5.74, 6) is 1.79. The van der Waals surface area contributed by atoms with E-state index in [1.54, 1.807) is 39.0 Å². The van der Waals surface area contributed by atoms with Gasteiger partial charge in [0.25, 0.3) is 0 Å². The zero-order valence-corrected chi connectivity index (χ0v) is 19.2. The summed E-state index contributed by atoms with van der Waals surface area (Å²) in [5, 5.41) is 3.16. The van der Waals surface area contributed by atoms with Gasteiger partial charge in [-0.05, 0) is 56.1 Å². The number of carbonyl (C=O) groups excluding carboxylic acids is 3. The number of ketones is 1. The van der Waals surface area contributed by atoms with Crippen LogP contribution in [0.1, 0.15) is 63.7 Å². The number of amides is 1. The summed E-state index contributed by atoms with van der Waals surface area (Å²) in [5.41, 5.74) is -0.166. The number of ether oxygens (including phenoxy) is 1. The van der Waals surface area contributed by atoms with Crippen molar-refractivity contribution >= 4 is 29.4 Å². The smallest absolute Gasteiger partial charge is 0.339 e. The number of benzene rings is 1. The van der Waals surface area contributed by atoms with E-state index in [4.69, 9.17) is 4.74 Å². The summed E-state index contributed by atoms with van der Waals surface area (Å²) in [6.07, 6.45) is 5.22. The van der Waals surface area contributed by atoms with Crippen molar-refractivity contribution in [2.75, 3.05) is 12.4 Å². The fourth-order valence-electron chi connectivity index (χ4n) is 4.64. The summed E-state index contributed by atoms with van der Waals surface area (Å²) >= 11 is 1.33. The van der Waals surface area contributed by atoms with Crippen LogP contribution in [-0.2, 0) is 14.3 Å². The Kier molecular flexibility index (Phi) is 7.27. The van der Waals surface area contributed by atoms with Crippen LogP contribution >= 0.6 is 11.8 Å². The van der Waals surface area contributed by atoms with Crippen molar-refractivity contribution in [2.45, 2.75) is 64.3 Å². The molecule has 2 bridgehead atoms. The topological polar surface area (TPSA) is 72.5 Å². The Morgan fingerprint density at radius 1 is 1.17 bits per heavy atom. The van der Waals surface area contributed by atoms with Crippen LogP contribution in [0.3, 0.4) is 0 Å².